The lowest BCUT2D eigenvalue weighted by molar-refractivity contribution is 0.558. The molecule has 144 valence electrons. The van der Waals surface area contributed by atoms with Crippen LogP contribution >= 0.6 is 0 Å². The van der Waals surface area contributed by atoms with Gasteiger partial charge in [0.15, 0.2) is 0 Å². The average Bonchev–Trinajstić information content (AvgIpc) is 2.99. The van der Waals surface area contributed by atoms with Crippen molar-refractivity contribution in [3.63, 3.8) is 0 Å². The summed E-state index contributed by atoms with van der Waals surface area (Å²) in [6, 6.07) is 0. The van der Waals surface area contributed by atoms with Crippen molar-refractivity contribution >= 4 is 5.71 Å². The van der Waals surface area contributed by atoms with Crippen molar-refractivity contribution in [3.05, 3.63) is 23.8 Å². The molecule has 0 saturated carbocycles. The molecule has 0 fully saturated rings. The lowest BCUT2D eigenvalue weighted by Gasteiger charge is -2.02. The summed E-state index contributed by atoms with van der Waals surface area (Å²) in [6.07, 6.45) is 26.3. The molecule has 0 aromatic rings. The number of rotatable bonds is 15. The van der Waals surface area contributed by atoms with E-state index in [1.165, 1.54) is 101 Å². The second-order valence-electron chi connectivity index (χ2n) is 8.15. The average molecular weight is 346 g/mol. The van der Waals surface area contributed by atoms with Gasteiger partial charge >= 0.3 is 0 Å². The lowest BCUT2D eigenvalue weighted by Crippen LogP contribution is -1.89. The van der Waals surface area contributed by atoms with E-state index >= 15 is 0 Å². The fraction of sp³-hybridized carbons (Fsp3) is 0.792. The molecule has 0 unspecified atom stereocenters. The largest absolute Gasteiger partial charge is 0.289 e. The molecule has 0 bridgehead atoms. The minimum Gasteiger partial charge on any atom is -0.289 e. The standard InChI is InChI=1S/C24H43N/c1-22(2)18-16-14-12-10-8-6-4-5-7-9-11-13-15-17-19-24-20-21-25-23(24)3/h10,12,19,22H,4-9,11,13-18,20-21H2,1-3H3/b12-10-,24-19-. The minimum atomic E-state index is 0.858. The van der Waals surface area contributed by atoms with Gasteiger partial charge in [0.2, 0.25) is 0 Å². The van der Waals surface area contributed by atoms with Crippen LogP contribution in [0.1, 0.15) is 111 Å². The predicted octanol–water partition coefficient (Wildman–Crippen LogP) is 8.06. The molecule has 0 aliphatic carbocycles. The third kappa shape index (κ3) is 13.1. The first-order valence-corrected chi connectivity index (χ1v) is 11.1. The Bertz CT molecular complexity index is 400. The van der Waals surface area contributed by atoms with Crippen LogP contribution < -0.4 is 0 Å². The summed E-state index contributed by atoms with van der Waals surface area (Å²) in [5.74, 6) is 0.858. The number of unbranched alkanes of at least 4 members (excludes halogenated alkanes) is 10. The van der Waals surface area contributed by atoms with E-state index in [2.05, 4.69) is 44.0 Å². The zero-order valence-corrected chi connectivity index (χ0v) is 17.4. The molecule has 1 heteroatoms. The summed E-state index contributed by atoms with van der Waals surface area (Å²) >= 11 is 0. The lowest BCUT2D eigenvalue weighted by atomic mass is 10.0. The summed E-state index contributed by atoms with van der Waals surface area (Å²) in [5, 5.41) is 0. The highest BCUT2D eigenvalue weighted by Crippen LogP contribution is 2.16. The number of aliphatic imine (C=N–C) groups is 1. The third-order valence-electron chi connectivity index (χ3n) is 5.23. The summed E-state index contributed by atoms with van der Waals surface area (Å²) < 4.78 is 0. The monoisotopic (exact) mass is 345 g/mol. The molecule has 1 aliphatic rings. The van der Waals surface area contributed by atoms with Crippen molar-refractivity contribution < 1.29 is 0 Å². The molecule has 1 nitrogen and oxygen atoms in total. The van der Waals surface area contributed by atoms with Crippen LogP contribution in [0.25, 0.3) is 0 Å². The summed E-state index contributed by atoms with van der Waals surface area (Å²) in [4.78, 5) is 4.46. The quantitative estimate of drug-likeness (QED) is 0.210. The van der Waals surface area contributed by atoms with Gasteiger partial charge in [0.25, 0.3) is 0 Å². The van der Waals surface area contributed by atoms with E-state index in [0.29, 0.717) is 0 Å². The minimum absolute atomic E-state index is 0.858. The Labute approximate surface area is 158 Å². The molecule has 0 saturated heterocycles. The first-order chi connectivity index (χ1) is 12.2. The topological polar surface area (TPSA) is 12.4 Å². The van der Waals surface area contributed by atoms with Crippen LogP contribution in [0.5, 0.6) is 0 Å². The molecule has 0 spiro atoms. The number of hydrogen-bond donors (Lipinski definition) is 0. The second kappa shape index (κ2) is 15.4. The predicted molar refractivity (Wildman–Crippen MR) is 115 cm³/mol. The highest BCUT2D eigenvalue weighted by Gasteiger charge is 2.06. The van der Waals surface area contributed by atoms with Gasteiger partial charge in [-0.25, -0.2) is 0 Å². The molecule has 0 amide bonds. The number of hydrogen-bond acceptors (Lipinski definition) is 1. The molecule has 1 rings (SSSR count). The number of nitrogens with zero attached hydrogens (tertiary/aromatic N) is 1. The smallest absolute Gasteiger partial charge is 0.0433 e. The Morgan fingerprint density at radius 2 is 1.36 bits per heavy atom. The van der Waals surface area contributed by atoms with Crippen LogP contribution in [0.2, 0.25) is 0 Å². The molecule has 25 heavy (non-hydrogen) atoms. The van der Waals surface area contributed by atoms with Crippen molar-refractivity contribution in [2.24, 2.45) is 10.9 Å². The fourth-order valence-corrected chi connectivity index (χ4v) is 3.50. The van der Waals surface area contributed by atoms with Gasteiger partial charge in [-0.3, -0.25) is 4.99 Å². The molecular formula is C24H43N. The van der Waals surface area contributed by atoms with E-state index < -0.39 is 0 Å². The van der Waals surface area contributed by atoms with Crippen LogP contribution in [0, 0.1) is 5.92 Å². The van der Waals surface area contributed by atoms with Crippen LogP contribution in [0.3, 0.4) is 0 Å². The van der Waals surface area contributed by atoms with E-state index in [1.54, 1.807) is 0 Å². The van der Waals surface area contributed by atoms with Crippen molar-refractivity contribution in [1.82, 2.24) is 0 Å². The number of allylic oxidation sites excluding steroid dienone is 3. The Balaban J connectivity index is 1.77. The van der Waals surface area contributed by atoms with Gasteiger partial charge in [0.1, 0.15) is 0 Å². The Morgan fingerprint density at radius 3 is 1.92 bits per heavy atom. The summed E-state index contributed by atoms with van der Waals surface area (Å²) in [6.45, 7) is 7.80. The molecular weight excluding hydrogens is 302 g/mol. The molecule has 0 N–H and O–H groups in total. The van der Waals surface area contributed by atoms with Gasteiger partial charge in [-0.2, -0.15) is 0 Å². The maximum Gasteiger partial charge on any atom is 0.0433 e. The second-order valence-corrected chi connectivity index (χ2v) is 8.15. The van der Waals surface area contributed by atoms with Crippen LogP contribution in [-0.2, 0) is 0 Å². The van der Waals surface area contributed by atoms with Crippen molar-refractivity contribution in [3.8, 4) is 0 Å². The van der Waals surface area contributed by atoms with Crippen LogP contribution in [0.15, 0.2) is 28.8 Å². The van der Waals surface area contributed by atoms with Gasteiger partial charge in [-0.05, 0) is 63.4 Å². The SMILES string of the molecule is CC1=NCC/C1=C/CCCCCCCCCC/C=C\CCCC(C)C. The molecule has 0 aromatic carbocycles. The van der Waals surface area contributed by atoms with E-state index in [0.717, 1.165) is 12.5 Å². The molecule has 1 heterocycles. The summed E-state index contributed by atoms with van der Waals surface area (Å²) in [5.41, 5.74) is 2.79. The molecule has 0 aromatic heterocycles. The van der Waals surface area contributed by atoms with Crippen molar-refractivity contribution in [1.29, 1.82) is 0 Å². The van der Waals surface area contributed by atoms with Gasteiger partial charge in [-0.1, -0.05) is 77.0 Å². The highest BCUT2D eigenvalue weighted by molar-refractivity contribution is 5.99. The Morgan fingerprint density at radius 1 is 0.800 bits per heavy atom. The van der Waals surface area contributed by atoms with E-state index in [4.69, 9.17) is 0 Å². The van der Waals surface area contributed by atoms with Gasteiger partial charge in [0.05, 0.1) is 0 Å². The maximum atomic E-state index is 4.46. The van der Waals surface area contributed by atoms with Crippen LogP contribution in [0.4, 0.5) is 0 Å². The first kappa shape index (κ1) is 22.2. The van der Waals surface area contributed by atoms with Crippen LogP contribution in [-0.4, -0.2) is 12.3 Å². The first-order valence-electron chi connectivity index (χ1n) is 11.1. The fourth-order valence-electron chi connectivity index (χ4n) is 3.50. The van der Waals surface area contributed by atoms with E-state index in [1.807, 2.05) is 0 Å². The maximum absolute atomic E-state index is 4.46. The zero-order chi connectivity index (χ0) is 18.2. The van der Waals surface area contributed by atoms with E-state index in [-0.39, 0.29) is 0 Å². The van der Waals surface area contributed by atoms with E-state index in [9.17, 15) is 0 Å². The molecule has 0 atom stereocenters. The Hall–Kier alpha value is -0.850. The van der Waals surface area contributed by atoms with Gasteiger partial charge < -0.3 is 0 Å². The normalized spacial score (nSPS) is 16.5. The highest BCUT2D eigenvalue weighted by atomic mass is 14.8. The van der Waals surface area contributed by atoms with Gasteiger partial charge in [0, 0.05) is 12.3 Å². The van der Waals surface area contributed by atoms with Crippen molar-refractivity contribution in [2.75, 3.05) is 6.54 Å². The third-order valence-corrected chi connectivity index (χ3v) is 5.23. The molecule has 0 radical (unpaired) electrons. The molecule has 1 aliphatic heterocycles. The summed E-state index contributed by atoms with van der Waals surface area (Å²) in [7, 11) is 0. The van der Waals surface area contributed by atoms with Gasteiger partial charge in [-0.15, -0.1) is 0 Å². The Kier molecular flexibility index (Phi) is 13.7. The van der Waals surface area contributed by atoms with Crippen molar-refractivity contribution in [2.45, 2.75) is 111 Å². The zero-order valence-electron chi connectivity index (χ0n) is 17.4.